The van der Waals surface area contributed by atoms with Gasteiger partial charge in [-0.25, -0.2) is 12.8 Å². The highest BCUT2D eigenvalue weighted by Gasteiger charge is 2.33. The smallest absolute Gasteiger partial charge is 0.264 e. The second-order valence-electron chi connectivity index (χ2n) is 9.58. The topological polar surface area (TPSA) is 86.8 Å². The van der Waals surface area contributed by atoms with Crippen LogP contribution in [0, 0.1) is 19.7 Å². The largest absolute Gasteiger partial charge is 0.354 e. The van der Waals surface area contributed by atoms with Gasteiger partial charge in [-0.15, -0.1) is 0 Å². The van der Waals surface area contributed by atoms with Gasteiger partial charge >= 0.3 is 0 Å². The summed E-state index contributed by atoms with van der Waals surface area (Å²) in [4.78, 5) is 28.3. The molecule has 208 valence electrons. The molecule has 7 nitrogen and oxygen atoms in total. The molecule has 3 rings (SSSR count). The lowest BCUT2D eigenvalue weighted by atomic mass is 10.1. The van der Waals surface area contributed by atoms with Crippen LogP contribution in [-0.4, -0.2) is 44.3 Å². The zero-order chi connectivity index (χ0) is 28.6. The number of benzene rings is 3. The summed E-state index contributed by atoms with van der Waals surface area (Å²) in [6.45, 7) is 7.21. The molecule has 1 unspecified atom stereocenters. The zero-order valence-corrected chi connectivity index (χ0v) is 23.7. The lowest BCUT2D eigenvalue weighted by molar-refractivity contribution is -0.139. The maximum absolute atomic E-state index is 13.9. The van der Waals surface area contributed by atoms with Gasteiger partial charge in [-0.2, -0.15) is 0 Å². The second kappa shape index (κ2) is 13.4. The van der Waals surface area contributed by atoms with Gasteiger partial charge < -0.3 is 10.2 Å². The molecule has 0 bridgehead atoms. The SMILES string of the molecule is CCCCNC(=O)C(C)N(Cc1ccc(F)cc1)C(=O)CN(c1cc(C)ccc1C)S(=O)(=O)c1ccccc1. The van der Waals surface area contributed by atoms with Gasteiger partial charge in [0.15, 0.2) is 0 Å². The molecule has 2 amide bonds. The van der Waals surface area contributed by atoms with Gasteiger partial charge in [0.25, 0.3) is 10.0 Å². The Hall–Kier alpha value is -3.72. The predicted octanol–water partition coefficient (Wildman–Crippen LogP) is 4.97. The zero-order valence-electron chi connectivity index (χ0n) is 22.9. The summed E-state index contributed by atoms with van der Waals surface area (Å²) in [5.41, 5.74) is 2.52. The molecule has 0 saturated heterocycles. The van der Waals surface area contributed by atoms with Crippen molar-refractivity contribution in [2.75, 3.05) is 17.4 Å². The number of carbonyl (C=O) groups excluding carboxylic acids is 2. The maximum Gasteiger partial charge on any atom is 0.264 e. The first kappa shape index (κ1) is 29.8. The number of amides is 2. The Bertz CT molecular complexity index is 1380. The number of unbranched alkanes of at least 4 members (excludes halogenated alkanes) is 1. The van der Waals surface area contributed by atoms with Gasteiger partial charge in [0.05, 0.1) is 10.6 Å². The minimum Gasteiger partial charge on any atom is -0.354 e. The van der Waals surface area contributed by atoms with Crippen LogP contribution in [0.2, 0.25) is 0 Å². The van der Waals surface area contributed by atoms with E-state index in [1.54, 1.807) is 50.2 Å². The van der Waals surface area contributed by atoms with Gasteiger partial charge in [-0.3, -0.25) is 13.9 Å². The predicted molar refractivity (Wildman–Crippen MR) is 151 cm³/mol. The van der Waals surface area contributed by atoms with Crippen molar-refractivity contribution in [2.24, 2.45) is 0 Å². The lowest BCUT2D eigenvalue weighted by Gasteiger charge is -2.32. The molecular weight excluding hydrogens is 517 g/mol. The Kier molecular flexibility index (Phi) is 10.2. The second-order valence-corrected chi connectivity index (χ2v) is 11.4. The monoisotopic (exact) mass is 553 g/mol. The molecule has 0 fully saturated rings. The quantitative estimate of drug-likeness (QED) is 0.321. The number of carbonyl (C=O) groups is 2. The Balaban J connectivity index is 2.02. The first-order chi connectivity index (χ1) is 18.5. The van der Waals surface area contributed by atoms with Crippen molar-refractivity contribution in [1.82, 2.24) is 10.2 Å². The Morgan fingerprint density at radius 1 is 0.974 bits per heavy atom. The van der Waals surface area contributed by atoms with Crippen LogP contribution in [0.4, 0.5) is 10.1 Å². The minimum atomic E-state index is -4.13. The number of hydrogen-bond acceptors (Lipinski definition) is 4. The average Bonchev–Trinajstić information content (AvgIpc) is 2.92. The molecule has 0 aromatic heterocycles. The highest BCUT2D eigenvalue weighted by atomic mass is 32.2. The molecule has 0 aliphatic heterocycles. The number of aryl methyl sites for hydroxylation is 2. The summed E-state index contributed by atoms with van der Waals surface area (Å²) in [7, 11) is -4.13. The van der Waals surface area contributed by atoms with Crippen molar-refractivity contribution in [1.29, 1.82) is 0 Å². The van der Waals surface area contributed by atoms with Crippen LogP contribution in [0.15, 0.2) is 77.7 Å². The Morgan fingerprint density at radius 2 is 1.64 bits per heavy atom. The van der Waals surface area contributed by atoms with E-state index in [9.17, 15) is 22.4 Å². The molecule has 3 aromatic carbocycles. The fourth-order valence-electron chi connectivity index (χ4n) is 4.13. The number of sulfonamides is 1. The number of hydrogen-bond donors (Lipinski definition) is 1. The fourth-order valence-corrected chi connectivity index (χ4v) is 5.62. The van der Waals surface area contributed by atoms with Gasteiger partial charge in [-0.1, -0.05) is 55.8 Å². The van der Waals surface area contributed by atoms with Crippen LogP contribution in [0.1, 0.15) is 43.4 Å². The summed E-state index contributed by atoms with van der Waals surface area (Å²) in [5, 5.41) is 2.85. The molecule has 0 radical (unpaired) electrons. The number of anilines is 1. The summed E-state index contributed by atoms with van der Waals surface area (Å²) in [5.74, 6) is -1.32. The summed E-state index contributed by atoms with van der Waals surface area (Å²) >= 11 is 0. The molecule has 9 heteroatoms. The standard InChI is InChI=1S/C30H36FN3O4S/c1-5-6-18-32-30(36)24(4)33(20-25-14-16-26(31)17-15-25)29(35)21-34(28-19-22(2)12-13-23(28)3)39(37,38)27-10-8-7-9-11-27/h7-17,19,24H,5-6,18,20-21H2,1-4H3,(H,32,36). The van der Waals surface area contributed by atoms with E-state index < -0.39 is 34.3 Å². The highest BCUT2D eigenvalue weighted by molar-refractivity contribution is 7.92. The van der Waals surface area contributed by atoms with Crippen LogP contribution >= 0.6 is 0 Å². The van der Waals surface area contributed by atoms with E-state index in [2.05, 4.69) is 5.32 Å². The van der Waals surface area contributed by atoms with E-state index in [-0.39, 0.29) is 17.3 Å². The van der Waals surface area contributed by atoms with Crippen LogP contribution in [-0.2, 0) is 26.2 Å². The number of nitrogens with zero attached hydrogens (tertiary/aromatic N) is 2. The molecule has 0 spiro atoms. The van der Waals surface area contributed by atoms with Crippen molar-refractivity contribution in [3.63, 3.8) is 0 Å². The Morgan fingerprint density at radius 3 is 2.28 bits per heavy atom. The first-order valence-electron chi connectivity index (χ1n) is 13.0. The molecule has 3 aromatic rings. The average molecular weight is 554 g/mol. The summed E-state index contributed by atoms with van der Waals surface area (Å²) in [6, 6.07) is 18.1. The third-order valence-electron chi connectivity index (χ3n) is 6.51. The lowest BCUT2D eigenvalue weighted by Crippen LogP contribution is -2.51. The van der Waals surface area contributed by atoms with Crippen molar-refractivity contribution in [2.45, 2.75) is 58.0 Å². The van der Waals surface area contributed by atoms with E-state index in [0.29, 0.717) is 23.4 Å². The normalized spacial score (nSPS) is 12.0. The molecule has 1 N–H and O–H groups in total. The fraction of sp³-hybridized carbons (Fsp3) is 0.333. The van der Waals surface area contributed by atoms with Crippen LogP contribution in [0.25, 0.3) is 0 Å². The van der Waals surface area contributed by atoms with Crippen LogP contribution in [0.3, 0.4) is 0 Å². The number of halogens is 1. The van der Waals surface area contributed by atoms with Gasteiger partial charge in [0, 0.05) is 13.1 Å². The van der Waals surface area contributed by atoms with E-state index in [4.69, 9.17) is 0 Å². The maximum atomic E-state index is 13.9. The number of rotatable bonds is 12. The molecular formula is C30H36FN3O4S. The van der Waals surface area contributed by atoms with Gasteiger partial charge in [-0.05, 0) is 74.2 Å². The van der Waals surface area contributed by atoms with Crippen molar-refractivity contribution in [3.05, 3.63) is 95.3 Å². The van der Waals surface area contributed by atoms with Gasteiger partial charge in [0.1, 0.15) is 18.4 Å². The molecule has 1 atom stereocenters. The molecule has 0 aliphatic carbocycles. The van der Waals surface area contributed by atoms with E-state index in [1.807, 2.05) is 26.0 Å². The van der Waals surface area contributed by atoms with Crippen molar-refractivity contribution >= 4 is 27.5 Å². The third-order valence-corrected chi connectivity index (χ3v) is 8.28. The molecule has 0 saturated carbocycles. The Labute approximate surface area is 230 Å². The van der Waals surface area contributed by atoms with E-state index in [0.717, 1.165) is 22.7 Å². The molecule has 39 heavy (non-hydrogen) atoms. The van der Waals surface area contributed by atoms with Crippen molar-refractivity contribution < 1.29 is 22.4 Å². The number of nitrogens with one attached hydrogen (secondary N) is 1. The van der Waals surface area contributed by atoms with Crippen LogP contribution < -0.4 is 9.62 Å². The first-order valence-corrected chi connectivity index (χ1v) is 14.4. The van der Waals surface area contributed by atoms with Gasteiger partial charge in [0.2, 0.25) is 11.8 Å². The summed E-state index contributed by atoms with van der Waals surface area (Å²) < 4.78 is 42.4. The highest BCUT2D eigenvalue weighted by Crippen LogP contribution is 2.28. The van der Waals surface area contributed by atoms with Crippen LogP contribution in [0.5, 0.6) is 0 Å². The molecule has 0 aliphatic rings. The van der Waals surface area contributed by atoms with E-state index >= 15 is 0 Å². The van der Waals surface area contributed by atoms with Crippen molar-refractivity contribution in [3.8, 4) is 0 Å². The molecule has 0 heterocycles. The van der Waals surface area contributed by atoms with E-state index in [1.165, 1.54) is 29.2 Å². The third kappa shape index (κ3) is 7.66. The summed E-state index contributed by atoms with van der Waals surface area (Å²) in [6.07, 6.45) is 1.69. The minimum absolute atomic E-state index is 0.00744.